The Morgan fingerprint density at radius 1 is 1.08 bits per heavy atom. The predicted octanol–water partition coefficient (Wildman–Crippen LogP) is 1.79. The zero-order chi connectivity index (χ0) is 17.6. The minimum atomic E-state index is -0.294. The van der Waals surface area contributed by atoms with Crippen LogP contribution in [0.4, 0.5) is 0 Å². The van der Waals surface area contributed by atoms with Gasteiger partial charge >= 0.3 is 0 Å². The second-order valence-corrected chi connectivity index (χ2v) is 5.98. The normalized spacial score (nSPS) is 14.2. The summed E-state index contributed by atoms with van der Waals surface area (Å²) in [7, 11) is 0. The Bertz CT molecular complexity index is 753. The van der Waals surface area contributed by atoms with E-state index in [1.807, 2.05) is 31.2 Å². The minimum absolute atomic E-state index is 0.170. The molecule has 6 nitrogen and oxygen atoms in total. The van der Waals surface area contributed by atoms with E-state index in [-0.39, 0.29) is 23.2 Å². The van der Waals surface area contributed by atoms with Gasteiger partial charge in [0.15, 0.2) is 0 Å². The van der Waals surface area contributed by atoms with E-state index in [4.69, 9.17) is 4.74 Å². The molecule has 3 rings (SSSR count). The lowest BCUT2D eigenvalue weighted by atomic mass is 10.1. The van der Waals surface area contributed by atoms with Crippen LogP contribution in [0.2, 0.25) is 0 Å². The average Bonchev–Trinajstić information content (AvgIpc) is 2.67. The molecule has 0 saturated carbocycles. The van der Waals surface area contributed by atoms with Crippen LogP contribution >= 0.6 is 0 Å². The molecule has 2 aromatic rings. The molecule has 1 saturated heterocycles. The zero-order valence-electron chi connectivity index (χ0n) is 14.2. The van der Waals surface area contributed by atoms with Crippen molar-refractivity contribution in [3.63, 3.8) is 0 Å². The van der Waals surface area contributed by atoms with Gasteiger partial charge in [0.1, 0.15) is 11.4 Å². The van der Waals surface area contributed by atoms with Crippen molar-refractivity contribution in [2.45, 2.75) is 13.5 Å². The molecule has 2 amide bonds. The number of aromatic nitrogens is 1. The highest BCUT2D eigenvalue weighted by molar-refractivity contribution is 5.96. The molecule has 0 aliphatic carbocycles. The van der Waals surface area contributed by atoms with E-state index in [1.54, 1.807) is 23.1 Å². The molecule has 0 spiro atoms. The summed E-state index contributed by atoms with van der Waals surface area (Å²) < 4.78 is 5.25. The molecule has 1 aromatic heterocycles. The van der Waals surface area contributed by atoms with Crippen LogP contribution in [0.1, 0.15) is 32.1 Å². The first-order valence-electron chi connectivity index (χ1n) is 8.31. The maximum atomic E-state index is 12.5. The summed E-state index contributed by atoms with van der Waals surface area (Å²) in [5, 5.41) is 2.83. The van der Waals surface area contributed by atoms with Gasteiger partial charge in [-0.3, -0.25) is 9.59 Å². The van der Waals surface area contributed by atoms with Gasteiger partial charge in [-0.05, 0) is 24.6 Å². The van der Waals surface area contributed by atoms with Gasteiger partial charge in [-0.25, -0.2) is 4.98 Å². The monoisotopic (exact) mass is 339 g/mol. The fourth-order valence-corrected chi connectivity index (χ4v) is 2.59. The van der Waals surface area contributed by atoms with Crippen LogP contribution in [-0.2, 0) is 11.3 Å². The summed E-state index contributed by atoms with van der Waals surface area (Å²) in [6.07, 6.45) is 0. The Labute approximate surface area is 146 Å². The SMILES string of the molecule is Cc1ccc(CNC(=O)c2cccc(C(=O)N3CCOCC3)n2)cc1. The van der Waals surface area contributed by atoms with Gasteiger partial charge in [0, 0.05) is 19.6 Å². The first-order valence-corrected chi connectivity index (χ1v) is 8.31. The molecule has 1 fully saturated rings. The number of nitrogens with zero attached hydrogens (tertiary/aromatic N) is 2. The number of carbonyl (C=O) groups excluding carboxylic acids is 2. The quantitative estimate of drug-likeness (QED) is 0.922. The van der Waals surface area contributed by atoms with Crippen molar-refractivity contribution in [3.05, 3.63) is 65.0 Å². The zero-order valence-corrected chi connectivity index (χ0v) is 14.2. The van der Waals surface area contributed by atoms with Crippen molar-refractivity contribution in [1.29, 1.82) is 0 Å². The number of benzene rings is 1. The van der Waals surface area contributed by atoms with Gasteiger partial charge in [0.25, 0.3) is 11.8 Å². The van der Waals surface area contributed by atoms with E-state index in [0.717, 1.165) is 5.56 Å². The van der Waals surface area contributed by atoms with Crippen molar-refractivity contribution < 1.29 is 14.3 Å². The third-order valence-corrected chi connectivity index (χ3v) is 4.07. The number of rotatable bonds is 4. The lowest BCUT2D eigenvalue weighted by molar-refractivity contribution is 0.0299. The fraction of sp³-hybridized carbons (Fsp3) is 0.316. The predicted molar refractivity (Wildman–Crippen MR) is 93.3 cm³/mol. The first kappa shape index (κ1) is 17.1. The summed E-state index contributed by atoms with van der Waals surface area (Å²) in [5.74, 6) is -0.464. The molecule has 1 aromatic carbocycles. The molecule has 0 bridgehead atoms. The van der Waals surface area contributed by atoms with Gasteiger partial charge in [-0.15, -0.1) is 0 Å². The highest BCUT2D eigenvalue weighted by atomic mass is 16.5. The van der Waals surface area contributed by atoms with Gasteiger partial charge in [-0.1, -0.05) is 35.9 Å². The molecular formula is C19H21N3O3. The number of amides is 2. The van der Waals surface area contributed by atoms with Crippen molar-refractivity contribution in [2.24, 2.45) is 0 Å². The maximum absolute atomic E-state index is 12.5. The van der Waals surface area contributed by atoms with E-state index in [1.165, 1.54) is 5.56 Å². The highest BCUT2D eigenvalue weighted by Gasteiger charge is 2.20. The van der Waals surface area contributed by atoms with E-state index in [2.05, 4.69) is 10.3 Å². The lowest BCUT2D eigenvalue weighted by Gasteiger charge is -2.26. The van der Waals surface area contributed by atoms with Crippen LogP contribution in [0.3, 0.4) is 0 Å². The number of carbonyl (C=O) groups is 2. The van der Waals surface area contributed by atoms with Crippen molar-refractivity contribution in [1.82, 2.24) is 15.2 Å². The molecule has 1 aliphatic rings. The summed E-state index contributed by atoms with van der Waals surface area (Å²) in [6, 6.07) is 12.9. The van der Waals surface area contributed by atoms with Gasteiger partial charge in [0.2, 0.25) is 0 Å². The number of pyridine rings is 1. The van der Waals surface area contributed by atoms with E-state index in [9.17, 15) is 9.59 Å². The first-order chi connectivity index (χ1) is 12.1. The van der Waals surface area contributed by atoms with E-state index in [0.29, 0.717) is 32.8 Å². The average molecular weight is 339 g/mol. The smallest absolute Gasteiger partial charge is 0.272 e. The molecule has 0 radical (unpaired) electrons. The number of hydrogen-bond donors (Lipinski definition) is 1. The van der Waals surface area contributed by atoms with Gasteiger partial charge in [0.05, 0.1) is 13.2 Å². The summed E-state index contributed by atoms with van der Waals surface area (Å²) in [6.45, 7) is 4.59. The summed E-state index contributed by atoms with van der Waals surface area (Å²) >= 11 is 0. The van der Waals surface area contributed by atoms with Crippen LogP contribution in [0.25, 0.3) is 0 Å². The van der Waals surface area contributed by atoms with E-state index >= 15 is 0 Å². The highest BCUT2D eigenvalue weighted by Crippen LogP contribution is 2.07. The topological polar surface area (TPSA) is 71.5 Å². The standard InChI is InChI=1S/C19H21N3O3/c1-14-5-7-15(8-6-14)13-20-18(23)16-3-2-4-17(21-16)19(24)22-9-11-25-12-10-22/h2-8H,9-13H2,1H3,(H,20,23). The third kappa shape index (κ3) is 4.42. The third-order valence-electron chi connectivity index (χ3n) is 4.07. The van der Waals surface area contributed by atoms with Crippen molar-refractivity contribution in [3.8, 4) is 0 Å². The molecule has 25 heavy (non-hydrogen) atoms. The molecule has 0 atom stereocenters. The molecule has 0 unspecified atom stereocenters. The number of ether oxygens (including phenoxy) is 1. The number of nitrogens with one attached hydrogen (secondary N) is 1. The molecule has 1 N–H and O–H groups in total. The number of morpholine rings is 1. The molecule has 6 heteroatoms. The van der Waals surface area contributed by atoms with Gasteiger partial charge in [-0.2, -0.15) is 0 Å². The van der Waals surface area contributed by atoms with Crippen molar-refractivity contribution >= 4 is 11.8 Å². The minimum Gasteiger partial charge on any atom is -0.378 e. The Morgan fingerprint density at radius 2 is 1.76 bits per heavy atom. The lowest BCUT2D eigenvalue weighted by Crippen LogP contribution is -2.41. The molecule has 130 valence electrons. The van der Waals surface area contributed by atoms with Crippen LogP contribution < -0.4 is 5.32 Å². The van der Waals surface area contributed by atoms with Crippen LogP contribution in [-0.4, -0.2) is 48.0 Å². The number of aryl methyl sites for hydroxylation is 1. The molecule has 2 heterocycles. The fourth-order valence-electron chi connectivity index (χ4n) is 2.59. The molecular weight excluding hydrogens is 318 g/mol. The van der Waals surface area contributed by atoms with Crippen LogP contribution in [0.5, 0.6) is 0 Å². The second-order valence-electron chi connectivity index (χ2n) is 5.98. The second kappa shape index (κ2) is 7.90. The largest absolute Gasteiger partial charge is 0.378 e. The van der Waals surface area contributed by atoms with E-state index < -0.39 is 0 Å². The Balaban J connectivity index is 1.64. The summed E-state index contributed by atoms with van der Waals surface area (Å²) in [5.41, 5.74) is 2.71. The molecule has 1 aliphatic heterocycles. The maximum Gasteiger partial charge on any atom is 0.272 e. The van der Waals surface area contributed by atoms with Crippen molar-refractivity contribution in [2.75, 3.05) is 26.3 Å². The Morgan fingerprint density at radius 3 is 2.48 bits per heavy atom. The Kier molecular flexibility index (Phi) is 5.40. The van der Waals surface area contributed by atoms with Crippen LogP contribution in [0, 0.1) is 6.92 Å². The summed E-state index contributed by atoms with van der Waals surface area (Å²) in [4.78, 5) is 30.7. The number of hydrogen-bond acceptors (Lipinski definition) is 4. The van der Waals surface area contributed by atoms with Crippen LogP contribution in [0.15, 0.2) is 42.5 Å². The Hall–Kier alpha value is -2.73. The van der Waals surface area contributed by atoms with Gasteiger partial charge < -0.3 is 15.0 Å².